The SMILES string of the molecule is O=C(Nc1cc(Br)ccc1Br)c1cc(Cl)ccc1I. The van der Waals surface area contributed by atoms with Crippen LogP contribution >= 0.6 is 66.1 Å². The van der Waals surface area contributed by atoms with Crippen molar-refractivity contribution in [3.63, 3.8) is 0 Å². The Morgan fingerprint density at radius 1 is 1.16 bits per heavy atom. The maximum absolute atomic E-state index is 12.2. The maximum Gasteiger partial charge on any atom is 0.256 e. The molecule has 2 rings (SSSR count). The molecule has 0 unspecified atom stereocenters. The average molecular weight is 515 g/mol. The molecule has 0 spiro atoms. The van der Waals surface area contributed by atoms with Gasteiger partial charge in [0.05, 0.1) is 11.3 Å². The molecule has 0 heterocycles. The van der Waals surface area contributed by atoms with E-state index >= 15 is 0 Å². The molecule has 0 saturated carbocycles. The Kier molecular flexibility index (Phi) is 5.28. The van der Waals surface area contributed by atoms with Crippen LogP contribution < -0.4 is 5.32 Å². The Morgan fingerprint density at radius 2 is 1.89 bits per heavy atom. The summed E-state index contributed by atoms with van der Waals surface area (Å²) in [6, 6.07) is 10.8. The first-order valence-corrected chi connectivity index (χ1v) is 8.23. The van der Waals surface area contributed by atoms with Crippen LogP contribution in [0.4, 0.5) is 5.69 Å². The summed E-state index contributed by atoms with van der Waals surface area (Å²) in [5.74, 6) is -0.189. The van der Waals surface area contributed by atoms with Gasteiger partial charge in [-0.25, -0.2) is 0 Å². The first-order chi connectivity index (χ1) is 8.97. The number of carbonyl (C=O) groups is 1. The molecule has 0 bridgehead atoms. The molecule has 0 radical (unpaired) electrons. The fourth-order valence-corrected chi connectivity index (χ4v) is 2.91. The van der Waals surface area contributed by atoms with E-state index in [1.54, 1.807) is 12.1 Å². The molecule has 2 aromatic rings. The lowest BCUT2D eigenvalue weighted by Crippen LogP contribution is -2.13. The van der Waals surface area contributed by atoms with E-state index in [1.807, 2.05) is 24.3 Å². The highest BCUT2D eigenvalue weighted by Gasteiger charge is 2.12. The van der Waals surface area contributed by atoms with Gasteiger partial charge in [0.1, 0.15) is 0 Å². The number of benzene rings is 2. The summed E-state index contributed by atoms with van der Waals surface area (Å²) in [7, 11) is 0. The molecule has 1 N–H and O–H groups in total. The average Bonchev–Trinajstić information content (AvgIpc) is 2.36. The largest absolute Gasteiger partial charge is 0.321 e. The van der Waals surface area contributed by atoms with Crippen LogP contribution in [0.1, 0.15) is 10.4 Å². The molecule has 0 aliphatic heterocycles. The number of halogens is 4. The topological polar surface area (TPSA) is 29.1 Å². The molecule has 19 heavy (non-hydrogen) atoms. The third kappa shape index (κ3) is 3.93. The minimum Gasteiger partial charge on any atom is -0.321 e. The summed E-state index contributed by atoms with van der Waals surface area (Å²) in [5.41, 5.74) is 1.26. The van der Waals surface area contributed by atoms with Crippen molar-refractivity contribution in [2.45, 2.75) is 0 Å². The van der Waals surface area contributed by atoms with Gasteiger partial charge in [0.25, 0.3) is 5.91 Å². The molecule has 2 aromatic carbocycles. The zero-order valence-electron chi connectivity index (χ0n) is 9.38. The maximum atomic E-state index is 12.2. The first-order valence-electron chi connectivity index (χ1n) is 5.19. The van der Waals surface area contributed by atoms with Crippen molar-refractivity contribution < 1.29 is 4.79 Å². The minimum atomic E-state index is -0.189. The van der Waals surface area contributed by atoms with Crippen molar-refractivity contribution >= 4 is 77.6 Å². The fraction of sp³-hybridized carbons (Fsp3) is 0. The van der Waals surface area contributed by atoms with Gasteiger partial charge in [-0.05, 0) is 74.9 Å². The van der Waals surface area contributed by atoms with Crippen LogP contribution in [0.5, 0.6) is 0 Å². The minimum absolute atomic E-state index is 0.189. The van der Waals surface area contributed by atoms with Crippen LogP contribution in [-0.4, -0.2) is 5.91 Å². The van der Waals surface area contributed by atoms with E-state index in [0.717, 1.165) is 12.5 Å². The summed E-state index contributed by atoms with van der Waals surface area (Å²) in [4.78, 5) is 12.2. The monoisotopic (exact) mass is 513 g/mol. The number of nitrogens with one attached hydrogen (secondary N) is 1. The van der Waals surface area contributed by atoms with Crippen molar-refractivity contribution in [3.8, 4) is 0 Å². The zero-order chi connectivity index (χ0) is 14.0. The van der Waals surface area contributed by atoms with Crippen molar-refractivity contribution in [1.29, 1.82) is 0 Å². The molecular weight excluding hydrogens is 508 g/mol. The first kappa shape index (κ1) is 15.3. The van der Waals surface area contributed by atoms with Crippen molar-refractivity contribution in [1.82, 2.24) is 0 Å². The molecule has 0 atom stereocenters. The third-order valence-electron chi connectivity index (χ3n) is 2.35. The second-order valence-corrected chi connectivity index (χ2v) is 7.07. The van der Waals surface area contributed by atoms with Gasteiger partial charge in [-0.15, -0.1) is 0 Å². The summed E-state index contributed by atoms with van der Waals surface area (Å²) in [5, 5.41) is 3.40. The molecule has 0 aromatic heterocycles. The van der Waals surface area contributed by atoms with Crippen molar-refractivity contribution in [3.05, 3.63) is 59.5 Å². The molecule has 2 nitrogen and oxygen atoms in total. The molecule has 0 aliphatic carbocycles. The molecule has 0 aliphatic rings. The van der Waals surface area contributed by atoms with E-state index in [0.29, 0.717) is 16.3 Å². The van der Waals surface area contributed by atoms with Crippen LogP contribution in [0.25, 0.3) is 0 Å². The summed E-state index contributed by atoms with van der Waals surface area (Å²) in [6.07, 6.45) is 0. The standard InChI is InChI=1S/C13H7Br2ClINO/c14-7-1-3-10(15)12(5-7)18-13(19)9-6-8(16)2-4-11(9)17/h1-6H,(H,18,19). The van der Waals surface area contributed by atoms with Crippen LogP contribution in [0.15, 0.2) is 45.3 Å². The van der Waals surface area contributed by atoms with E-state index in [4.69, 9.17) is 11.6 Å². The van der Waals surface area contributed by atoms with E-state index in [2.05, 4.69) is 59.8 Å². The summed E-state index contributed by atoms with van der Waals surface area (Å²) in [6.45, 7) is 0. The quantitative estimate of drug-likeness (QED) is 0.510. The summed E-state index contributed by atoms with van der Waals surface area (Å²) < 4.78 is 2.57. The number of carbonyl (C=O) groups excluding carboxylic acids is 1. The second-order valence-electron chi connectivity index (χ2n) is 3.70. The molecular formula is C13H7Br2ClINO. The molecule has 98 valence electrons. The Hall–Kier alpha value is -0.110. The Morgan fingerprint density at radius 3 is 2.63 bits per heavy atom. The zero-order valence-corrected chi connectivity index (χ0v) is 15.5. The van der Waals surface area contributed by atoms with E-state index in [1.165, 1.54) is 0 Å². The van der Waals surface area contributed by atoms with Crippen molar-refractivity contribution in [2.24, 2.45) is 0 Å². The number of hydrogen-bond acceptors (Lipinski definition) is 1. The highest BCUT2D eigenvalue weighted by molar-refractivity contribution is 14.1. The smallest absolute Gasteiger partial charge is 0.256 e. The van der Waals surface area contributed by atoms with Gasteiger partial charge in [0.2, 0.25) is 0 Å². The molecule has 0 saturated heterocycles. The van der Waals surface area contributed by atoms with Crippen LogP contribution in [-0.2, 0) is 0 Å². The van der Waals surface area contributed by atoms with Crippen molar-refractivity contribution in [2.75, 3.05) is 5.32 Å². The Labute approximate surface area is 146 Å². The lowest BCUT2D eigenvalue weighted by atomic mass is 10.2. The normalized spacial score (nSPS) is 10.3. The highest BCUT2D eigenvalue weighted by Crippen LogP contribution is 2.27. The Balaban J connectivity index is 2.30. The predicted molar refractivity (Wildman–Crippen MR) is 94.0 cm³/mol. The van der Waals surface area contributed by atoms with Crippen LogP contribution in [0.2, 0.25) is 5.02 Å². The van der Waals surface area contributed by atoms with E-state index < -0.39 is 0 Å². The van der Waals surface area contributed by atoms with Gasteiger partial charge in [-0.3, -0.25) is 4.79 Å². The second kappa shape index (κ2) is 6.56. The lowest BCUT2D eigenvalue weighted by molar-refractivity contribution is 0.102. The third-order valence-corrected chi connectivity index (χ3v) is 4.71. The van der Waals surface area contributed by atoms with Gasteiger partial charge in [-0.1, -0.05) is 27.5 Å². The number of anilines is 1. The van der Waals surface area contributed by atoms with Crippen LogP contribution in [0.3, 0.4) is 0 Å². The van der Waals surface area contributed by atoms with Gasteiger partial charge in [0.15, 0.2) is 0 Å². The van der Waals surface area contributed by atoms with Gasteiger partial charge < -0.3 is 5.32 Å². The van der Waals surface area contributed by atoms with E-state index in [-0.39, 0.29) is 5.91 Å². The van der Waals surface area contributed by atoms with E-state index in [9.17, 15) is 4.79 Å². The highest BCUT2D eigenvalue weighted by atomic mass is 127. The number of amides is 1. The van der Waals surface area contributed by atoms with Gasteiger partial charge in [0, 0.05) is 17.5 Å². The molecule has 0 fully saturated rings. The number of hydrogen-bond donors (Lipinski definition) is 1. The number of rotatable bonds is 2. The molecule has 1 amide bonds. The fourth-order valence-electron chi connectivity index (χ4n) is 1.45. The van der Waals surface area contributed by atoms with Gasteiger partial charge >= 0.3 is 0 Å². The predicted octanol–water partition coefficient (Wildman–Crippen LogP) is 5.72. The molecule has 6 heteroatoms. The summed E-state index contributed by atoms with van der Waals surface area (Å²) >= 11 is 14.8. The Bertz CT molecular complexity index is 649. The lowest BCUT2D eigenvalue weighted by Gasteiger charge is -2.09. The van der Waals surface area contributed by atoms with Gasteiger partial charge in [-0.2, -0.15) is 0 Å². The van der Waals surface area contributed by atoms with Crippen LogP contribution in [0, 0.1) is 3.57 Å².